The second kappa shape index (κ2) is 13.2. The van der Waals surface area contributed by atoms with Crippen molar-refractivity contribution in [2.45, 2.75) is 118 Å². The minimum atomic E-state index is 0.000150. The van der Waals surface area contributed by atoms with E-state index in [-0.39, 0.29) is 28.4 Å². The Bertz CT molecular complexity index is 2860. The van der Waals surface area contributed by atoms with Gasteiger partial charge in [-0.15, -0.1) is 11.3 Å². The van der Waals surface area contributed by atoms with Gasteiger partial charge in [-0.3, -0.25) is 0 Å². The van der Waals surface area contributed by atoms with Crippen LogP contribution in [0, 0.1) is 13.8 Å². The van der Waals surface area contributed by atoms with Crippen LogP contribution in [0.4, 0.5) is 34.1 Å². The highest BCUT2D eigenvalue weighted by Gasteiger charge is 2.47. The number of hydrogen-bond donors (Lipinski definition) is 0. The van der Waals surface area contributed by atoms with Crippen LogP contribution in [0.3, 0.4) is 0 Å². The van der Waals surface area contributed by atoms with Gasteiger partial charge >= 0.3 is 0 Å². The molecule has 1 aromatic heterocycles. The lowest BCUT2D eigenvalue weighted by molar-refractivity contribution is 0.332. The summed E-state index contributed by atoms with van der Waals surface area (Å²) in [7, 11) is 0. The molecule has 0 fully saturated rings. The SMILES string of the molecule is Cc1cc2c3c(c1)N(c1ccc(C(C)(C)C)cc1)c1c(sc4cc5c(cc14)C(C)(C)CCC5(C)C)B3c1cc(C(C)(C)C)ccc1N2c1ccc(-c2ccccc2C)cc1. The zero-order chi connectivity index (χ0) is 42.3. The van der Waals surface area contributed by atoms with Crippen LogP contribution in [0.1, 0.15) is 115 Å². The molecule has 0 radical (unpaired) electrons. The number of rotatable bonds is 3. The van der Waals surface area contributed by atoms with Crippen LogP contribution in [0.15, 0.2) is 115 Å². The summed E-state index contributed by atoms with van der Waals surface area (Å²) < 4.78 is 2.84. The van der Waals surface area contributed by atoms with E-state index in [4.69, 9.17) is 0 Å². The van der Waals surface area contributed by atoms with E-state index in [2.05, 4.69) is 208 Å². The van der Waals surface area contributed by atoms with Crippen LogP contribution < -0.4 is 25.5 Å². The molecule has 10 rings (SSSR count). The maximum atomic E-state index is 2.65. The van der Waals surface area contributed by atoms with Crippen LogP contribution in [0.5, 0.6) is 0 Å². The molecule has 60 heavy (non-hydrogen) atoms. The minimum absolute atomic E-state index is 0.000150. The second-order valence-corrected chi connectivity index (χ2v) is 22.6. The molecule has 6 aromatic carbocycles. The third kappa shape index (κ3) is 6.03. The van der Waals surface area contributed by atoms with Gasteiger partial charge in [0, 0.05) is 43.3 Å². The fourth-order valence-corrected chi connectivity index (χ4v) is 11.8. The molecule has 0 bridgehead atoms. The number of benzene rings is 6. The van der Waals surface area contributed by atoms with E-state index < -0.39 is 0 Å². The van der Waals surface area contributed by atoms with Crippen molar-refractivity contribution in [2.24, 2.45) is 0 Å². The van der Waals surface area contributed by atoms with Crippen LogP contribution in [0.2, 0.25) is 0 Å². The molecule has 0 atom stereocenters. The highest BCUT2D eigenvalue weighted by Crippen LogP contribution is 2.53. The Morgan fingerprint density at radius 2 is 1.15 bits per heavy atom. The van der Waals surface area contributed by atoms with E-state index in [1.54, 1.807) is 0 Å². The molecule has 302 valence electrons. The third-order valence-corrected chi connectivity index (χ3v) is 15.4. The molecule has 0 amide bonds. The predicted molar refractivity (Wildman–Crippen MR) is 263 cm³/mol. The molecule has 2 aliphatic heterocycles. The lowest BCUT2D eigenvalue weighted by atomic mass is 9.36. The van der Waals surface area contributed by atoms with E-state index in [1.165, 1.54) is 117 Å². The summed E-state index contributed by atoms with van der Waals surface area (Å²) in [5, 5.41) is 1.39. The number of thiophene rings is 1. The van der Waals surface area contributed by atoms with Gasteiger partial charge < -0.3 is 9.80 Å². The van der Waals surface area contributed by atoms with Crippen LogP contribution >= 0.6 is 11.3 Å². The standard InChI is InChI=1S/C56H59BN2S/c1-34-29-47-50-48(30-34)59(40-24-19-37(20-25-40)53(3,4)5)51-42-32-43-44(56(11,12)28-27-55(43,9)10)33-49(42)60-52(51)57(50)45-31-38(54(6,7)8)21-26-46(45)58(47)39-22-17-36(18-23-39)41-16-14-13-15-35(41)2/h13-26,29-33H,27-28H2,1-12H3. The number of hydrogen-bond acceptors (Lipinski definition) is 3. The molecule has 1 aliphatic carbocycles. The van der Waals surface area contributed by atoms with Crippen molar-refractivity contribution < 1.29 is 0 Å². The van der Waals surface area contributed by atoms with Crippen molar-refractivity contribution in [2.75, 3.05) is 9.80 Å². The number of aryl methyl sites for hydroxylation is 2. The average Bonchev–Trinajstić information content (AvgIpc) is 3.57. The van der Waals surface area contributed by atoms with Gasteiger partial charge in [-0.05, 0) is 158 Å². The fraction of sp³-hybridized carbons (Fsp3) is 0.321. The highest BCUT2D eigenvalue weighted by atomic mass is 32.1. The van der Waals surface area contributed by atoms with E-state index in [0.29, 0.717) is 0 Å². The quantitative estimate of drug-likeness (QED) is 0.164. The molecule has 0 saturated heterocycles. The van der Waals surface area contributed by atoms with E-state index >= 15 is 0 Å². The van der Waals surface area contributed by atoms with Crippen molar-refractivity contribution in [1.29, 1.82) is 0 Å². The van der Waals surface area contributed by atoms with E-state index in [1.807, 2.05) is 11.3 Å². The van der Waals surface area contributed by atoms with Gasteiger partial charge in [0.25, 0.3) is 6.71 Å². The smallest absolute Gasteiger partial charge is 0.264 e. The zero-order valence-electron chi connectivity index (χ0n) is 37.8. The van der Waals surface area contributed by atoms with Crippen LogP contribution in [0.25, 0.3) is 21.2 Å². The summed E-state index contributed by atoms with van der Waals surface area (Å²) in [5.41, 5.74) is 21.5. The van der Waals surface area contributed by atoms with Gasteiger partial charge in [-0.25, -0.2) is 0 Å². The van der Waals surface area contributed by atoms with Crippen molar-refractivity contribution >= 4 is 78.0 Å². The highest BCUT2D eigenvalue weighted by molar-refractivity contribution is 7.33. The van der Waals surface area contributed by atoms with Crippen LogP contribution in [-0.2, 0) is 21.7 Å². The van der Waals surface area contributed by atoms with Crippen molar-refractivity contribution in [3.05, 3.63) is 149 Å². The fourth-order valence-electron chi connectivity index (χ4n) is 10.5. The summed E-state index contributed by atoms with van der Waals surface area (Å²) in [4.78, 5) is 5.21. The Hall–Kier alpha value is -5.06. The molecular weight excluding hydrogens is 744 g/mol. The molecule has 7 aromatic rings. The normalized spacial score (nSPS) is 16.4. The van der Waals surface area contributed by atoms with Gasteiger partial charge in [0.05, 0.1) is 5.69 Å². The Morgan fingerprint density at radius 1 is 0.583 bits per heavy atom. The Labute approximate surface area is 363 Å². The minimum Gasteiger partial charge on any atom is -0.311 e. The molecule has 3 aliphatic rings. The Morgan fingerprint density at radius 3 is 1.78 bits per heavy atom. The molecule has 0 unspecified atom stereocenters. The Kier molecular flexibility index (Phi) is 8.62. The van der Waals surface area contributed by atoms with Gasteiger partial charge in [0.2, 0.25) is 0 Å². The van der Waals surface area contributed by atoms with Crippen molar-refractivity contribution in [1.82, 2.24) is 0 Å². The largest absolute Gasteiger partial charge is 0.311 e. The predicted octanol–water partition coefficient (Wildman–Crippen LogP) is 14.2. The summed E-state index contributed by atoms with van der Waals surface area (Å²) in [6, 6.07) is 45.0. The lowest BCUT2D eigenvalue weighted by Gasteiger charge is -2.44. The first kappa shape index (κ1) is 39.1. The molecule has 0 N–H and O–H groups in total. The monoisotopic (exact) mass is 802 g/mol. The summed E-state index contributed by atoms with van der Waals surface area (Å²) >= 11 is 2.04. The first-order valence-corrected chi connectivity index (χ1v) is 22.9. The van der Waals surface area contributed by atoms with Crippen LogP contribution in [-0.4, -0.2) is 6.71 Å². The third-order valence-electron chi connectivity index (χ3n) is 14.2. The van der Waals surface area contributed by atoms with Gasteiger partial charge in [-0.2, -0.15) is 0 Å². The molecule has 2 nitrogen and oxygen atoms in total. The number of fused-ring (bicyclic) bond motifs is 7. The Balaban J connectivity index is 1.28. The molecular formula is C56H59BN2S. The van der Waals surface area contributed by atoms with E-state index in [9.17, 15) is 0 Å². The first-order chi connectivity index (χ1) is 28.3. The molecule has 3 heterocycles. The molecule has 4 heteroatoms. The average molecular weight is 803 g/mol. The summed E-state index contributed by atoms with van der Waals surface area (Å²) in [5.74, 6) is 0. The number of anilines is 6. The molecule has 0 saturated carbocycles. The van der Waals surface area contributed by atoms with Gasteiger partial charge in [0.1, 0.15) is 0 Å². The van der Waals surface area contributed by atoms with Gasteiger partial charge in [0.15, 0.2) is 0 Å². The lowest BCUT2D eigenvalue weighted by Crippen LogP contribution is -2.60. The summed E-state index contributed by atoms with van der Waals surface area (Å²) in [6.45, 7) is 28.4. The first-order valence-electron chi connectivity index (χ1n) is 22.1. The maximum absolute atomic E-state index is 2.65. The van der Waals surface area contributed by atoms with Crippen molar-refractivity contribution in [3.8, 4) is 11.1 Å². The zero-order valence-corrected chi connectivity index (χ0v) is 38.6. The molecule has 0 spiro atoms. The van der Waals surface area contributed by atoms with E-state index in [0.717, 1.165) is 0 Å². The summed E-state index contributed by atoms with van der Waals surface area (Å²) in [6.07, 6.45) is 2.40. The van der Waals surface area contributed by atoms with Gasteiger partial charge in [-0.1, -0.05) is 130 Å². The number of nitrogens with zero attached hydrogens (tertiary/aromatic N) is 2. The second-order valence-electron chi connectivity index (χ2n) is 21.5. The maximum Gasteiger partial charge on any atom is 0.264 e. The van der Waals surface area contributed by atoms with Crippen molar-refractivity contribution in [3.63, 3.8) is 0 Å². The topological polar surface area (TPSA) is 6.48 Å².